The first kappa shape index (κ1) is 19.6. The number of rotatable bonds is 5. The number of aliphatic hydroxyl groups excluding tert-OH is 1. The number of aryl methyl sites for hydroxylation is 1. The molecule has 2 atom stereocenters. The second-order valence-corrected chi connectivity index (χ2v) is 7.81. The molecule has 7 nitrogen and oxygen atoms in total. The van der Waals surface area contributed by atoms with Gasteiger partial charge in [-0.25, -0.2) is 14.2 Å². The molecule has 1 aromatic carbocycles. The molecule has 1 unspecified atom stereocenters. The second-order valence-electron chi connectivity index (χ2n) is 7.81. The molecule has 2 N–H and O–H groups in total. The number of nitrogens with zero attached hydrogens (tertiary/aromatic N) is 3. The van der Waals surface area contributed by atoms with Gasteiger partial charge in [-0.05, 0) is 45.5 Å². The summed E-state index contributed by atoms with van der Waals surface area (Å²) in [6.45, 7) is 3.58. The molecule has 0 bridgehead atoms. The van der Waals surface area contributed by atoms with Gasteiger partial charge in [-0.3, -0.25) is 4.57 Å². The van der Waals surface area contributed by atoms with Crippen LogP contribution in [0.3, 0.4) is 0 Å². The summed E-state index contributed by atoms with van der Waals surface area (Å²) in [6.07, 6.45) is 3.41. The highest BCUT2D eigenvalue weighted by Gasteiger charge is 2.25. The highest BCUT2D eigenvalue weighted by Crippen LogP contribution is 2.24. The van der Waals surface area contributed by atoms with Gasteiger partial charge in [0.2, 0.25) is 0 Å². The van der Waals surface area contributed by atoms with Crippen LogP contribution < -0.4 is 11.0 Å². The van der Waals surface area contributed by atoms with Crippen molar-refractivity contribution in [2.24, 2.45) is 5.92 Å². The van der Waals surface area contributed by atoms with Crippen molar-refractivity contribution in [1.82, 2.24) is 19.4 Å². The van der Waals surface area contributed by atoms with Crippen molar-refractivity contribution < 1.29 is 9.90 Å². The largest absolute Gasteiger partial charge is 0.393 e. The van der Waals surface area contributed by atoms with Crippen molar-refractivity contribution in [3.05, 3.63) is 34.2 Å². The molecule has 0 radical (unpaired) electrons. The van der Waals surface area contributed by atoms with Gasteiger partial charge in [-0.1, -0.05) is 25.0 Å². The molecule has 1 aliphatic rings. The van der Waals surface area contributed by atoms with Crippen LogP contribution in [0.4, 0.5) is 4.79 Å². The minimum atomic E-state index is -0.419. The SMILES string of the molecule is Cc1cccc2c1n(CCN(C)C)c(=O)n2C(=O)NCC1CCCC[C@@H]1O. The van der Waals surface area contributed by atoms with Gasteiger partial charge < -0.3 is 15.3 Å². The highest BCUT2D eigenvalue weighted by molar-refractivity contribution is 5.90. The van der Waals surface area contributed by atoms with E-state index in [2.05, 4.69) is 5.32 Å². The molecule has 1 aromatic heterocycles. The summed E-state index contributed by atoms with van der Waals surface area (Å²) < 4.78 is 2.91. The normalized spacial score (nSPS) is 20.3. The topological polar surface area (TPSA) is 79.5 Å². The van der Waals surface area contributed by atoms with E-state index in [0.717, 1.165) is 36.8 Å². The third-order valence-corrected chi connectivity index (χ3v) is 5.51. The number of para-hydroxylation sites is 1. The molecule has 1 heterocycles. The van der Waals surface area contributed by atoms with Crippen molar-refractivity contribution in [2.75, 3.05) is 27.2 Å². The van der Waals surface area contributed by atoms with Gasteiger partial charge in [0, 0.05) is 25.6 Å². The Kier molecular flexibility index (Phi) is 6.01. The molecule has 0 aliphatic heterocycles. The van der Waals surface area contributed by atoms with Gasteiger partial charge in [0.15, 0.2) is 0 Å². The van der Waals surface area contributed by atoms with Crippen LogP contribution in [0.5, 0.6) is 0 Å². The fourth-order valence-electron chi connectivity index (χ4n) is 3.92. The van der Waals surface area contributed by atoms with E-state index in [1.54, 1.807) is 4.57 Å². The van der Waals surface area contributed by atoms with Crippen molar-refractivity contribution in [2.45, 2.75) is 45.3 Å². The standard InChI is InChI=1S/C20H30N4O3/c1-14-7-6-9-16-18(14)23(12-11-22(2)3)20(27)24(16)19(26)21-13-15-8-4-5-10-17(15)25/h6-7,9,15,17,25H,4-5,8,10-13H2,1-3H3,(H,21,26)/t15?,17-/m0/s1. The first-order valence-electron chi connectivity index (χ1n) is 9.72. The first-order chi connectivity index (χ1) is 12.9. The number of carbonyl (C=O) groups excluding carboxylic acids is 1. The summed E-state index contributed by atoms with van der Waals surface area (Å²) in [5.74, 6) is 0.0576. The molecule has 27 heavy (non-hydrogen) atoms. The maximum absolute atomic E-state index is 13.0. The molecular formula is C20H30N4O3. The first-order valence-corrected chi connectivity index (χ1v) is 9.72. The predicted molar refractivity (Wildman–Crippen MR) is 106 cm³/mol. The number of aromatic nitrogens is 2. The number of amides is 1. The van der Waals surface area contributed by atoms with Gasteiger partial charge in [0.1, 0.15) is 0 Å². The van der Waals surface area contributed by atoms with E-state index in [4.69, 9.17) is 0 Å². The van der Waals surface area contributed by atoms with Crippen LogP contribution in [-0.4, -0.2) is 58.5 Å². The monoisotopic (exact) mass is 374 g/mol. The van der Waals surface area contributed by atoms with E-state index in [9.17, 15) is 14.7 Å². The van der Waals surface area contributed by atoms with E-state index in [-0.39, 0.29) is 17.7 Å². The van der Waals surface area contributed by atoms with Gasteiger partial charge in [-0.15, -0.1) is 0 Å². The van der Waals surface area contributed by atoms with Crippen LogP contribution >= 0.6 is 0 Å². The van der Waals surface area contributed by atoms with Gasteiger partial charge in [0.05, 0.1) is 17.1 Å². The molecule has 1 amide bonds. The minimum absolute atomic E-state index is 0.0576. The maximum atomic E-state index is 13.0. The number of hydrogen-bond acceptors (Lipinski definition) is 4. The molecular weight excluding hydrogens is 344 g/mol. The molecule has 1 fully saturated rings. The van der Waals surface area contributed by atoms with Crippen LogP contribution in [0, 0.1) is 12.8 Å². The summed E-state index contributed by atoms with van der Waals surface area (Å²) >= 11 is 0. The number of hydrogen-bond donors (Lipinski definition) is 2. The molecule has 1 aliphatic carbocycles. The molecule has 0 saturated heterocycles. The lowest BCUT2D eigenvalue weighted by atomic mass is 9.86. The molecule has 1 saturated carbocycles. The second kappa shape index (κ2) is 8.27. The molecule has 7 heteroatoms. The van der Waals surface area contributed by atoms with Gasteiger partial charge in [0.25, 0.3) is 0 Å². The van der Waals surface area contributed by atoms with E-state index in [0.29, 0.717) is 25.2 Å². The lowest BCUT2D eigenvalue weighted by Crippen LogP contribution is -2.42. The third kappa shape index (κ3) is 4.09. The van der Waals surface area contributed by atoms with E-state index < -0.39 is 6.03 Å². The van der Waals surface area contributed by atoms with Gasteiger partial charge in [-0.2, -0.15) is 0 Å². The predicted octanol–water partition coefficient (Wildman–Crippen LogP) is 1.78. The quantitative estimate of drug-likeness (QED) is 0.836. The number of imidazole rings is 1. The summed E-state index contributed by atoms with van der Waals surface area (Å²) in [5, 5.41) is 13.0. The average molecular weight is 374 g/mol. The van der Waals surface area contributed by atoms with Crippen LogP contribution in [0.1, 0.15) is 31.2 Å². The number of nitrogens with one attached hydrogen (secondary N) is 1. The summed E-state index contributed by atoms with van der Waals surface area (Å²) in [4.78, 5) is 27.9. The Morgan fingerprint density at radius 2 is 2.04 bits per heavy atom. The van der Waals surface area contributed by atoms with Crippen LogP contribution in [0.25, 0.3) is 11.0 Å². The van der Waals surface area contributed by atoms with E-state index >= 15 is 0 Å². The summed E-state index contributed by atoms with van der Waals surface area (Å²) in [7, 11) is 3.92. The maximum Gasteiger partial charge on any atom is 0.337 e. The number of benzene rings is 1. The highest BCUT2D eigenvalue weighted by atomic mass is 16.3. The molecule has 0 spiro atoms. The van der Waals surface area contributed by atoms with Crippen molar-refractivity contribution in [3.63, 3.8) is 0 Å². The lowest BCUT2D eigenvalue weighted by molar-refractivity contribution is 0.0709. The summed E-state index contributed by atoms with van der Waals surface area (Å²) in [6, 6.07) is 5.21. The van der Waals surface area contributed by atoms with Crippen molar-refractivity contribution in [1.29, 1.82) is 0 Å². The number of fused-ring (bicyclic) bond motifs is 1. The van der Waals surface area contributed by atoms with Crippen molar-refractivity contribution in [3.8, 4) is 0 Å². The average Bonchev–Trinajstić information content (AvgIpc) is 2.92. The Labute approximate surface area is 159 Å². The van der Waals surface area contributed by atoms with E-state index in [1.807, 2.05) is 44.1 Å². The van der Waals surface area contributed by atoms with Crippen LogP contribution in [0.15, 0.2) is 23.0 Å². The van der Waals surface area contributed by atoms with Crippen LogP contribution in [-0.2, 0) is 6.54 Å². The third-order valence-electron chi connectivity index (χ3n) is 5.51. The fraction of sp³-hybridized carbons (Fsp3) is 0.600. The zero-order valence-corrected chi connectivity index (χ0v) is 16.4. The van der Waals surface area contributed by atoms with Gasteiger partial charge >= 0.3 is 11.7 Å². The Bertz CT molecular complexity index is 868. The zero-order valence-electron chi connectivity index (χ0n) is 16.4. The van der Waals surface area contributed by atoms with Crippen molar-refractivity contribution >= 4 is 17.1 Å². The Morgan fingerprint density at radius 3 is 2.74 bits per heavy atom. The number of aliphatic hydroxyl groups is 1. The fourth-order valence-corrected chi connectivity index (χ4v) is 3.92. The number of likely N-dealkylation sites (N-methyl/N-ethyl adjacent to an activating group) is 1. The Balaban J connectivity index is 1.89. The Morgan fingerprint density at radius 1 is 1.30 bits per heavy atom. The summed E-state index contributed by atoms with van der Waals surface area (Å²) in [5.41, 5.74) is 2.08. The smallest absolute Gasteiger partial charge is 0.337 e. The molecule has 3 rings (SSSR count). The minimum Gasteiger partial charge on any atom is -0.393 e. The lowest BCUT2D eigenvalue weighted by Gasteiger charge is -2.27. The molecule has 148 valence electrons. The van der Waals surface area contributed by atoms with E-state index in [1.165, 1.54) is 4.57 Å². The Hall–Kier alpha value is -2.12. The van der Waals surface area contributed by atoms with Crippen LogP contribution in [0.2, 0.25) is 0 Å². The molecule has 2 aromatic rings. The zero-order chi connectivity index (χ0) is 19.6. The number of carbonyl (C=O) groups is 1.